The molecule has 164 valence electrons. The Morgan fingerprint density at radius 3 is 2.58 bits per heavy atom. The lowest BCUT2D eigenvalue weighted by atomic mass is 10.1. The first-order valence-corrected chi connectivity index (χ1v) is 12.3. The van der Waals surface area contributed by atoms with Crippen LogP contribution in [0.2, 0.25) is 0 Å². The Kier molecular flexibility index (Phi) is 5.37. The first kappa shape index (κ1) is 20.3. The van der Waals surface area contributed by atoms with Crippen molar-refractivity contribution in [2.75, 3.05) is 37.7 Å². The largest absolute Gasteiger partial charge is 0.419 e. The summed E-state index contributed by atoms with van der Waals surface area (Å²) < 4.78 is 34.9. The molecular formula is C21H25N5O4S. The van der Waals surface area contributed by atoms with E-state index in [0.29, 0.717) is 41.3 Å². The molecule has 0 aliphatic carbocycles. The highest BCUT2D eigenvalue weighted by molar-refractivity contribution is 7.91. The van der Waals surface area contributed by atoms with E-state index < -0.39 is 9.84 Å². The summed E-state index contributed by atoms with van der Waals surface area (Å²) in [5.41, 5.74) is 2.34. The average Bonchev–Trinajstić information content (AvgIpc) is 3.47. The molecule has 2 aliphatic heterocycles. The highest BCUT2D eigenvalue weighted by atomic mass is 32.2. The third-order valence-electron chi connectivity index (χ3n) is 6.08. The first-order chi connectivity index (χ1) is 15.0. The zero-order valence-electron chi connectivity index (χ0n) is 17.4. The summed E-state index contributed by atoms with van der Waals surface area (Å²) in [6, 6.07) is 9.94. The average molecular weight is 444 g/mol. The van der Waals surface area contributed by atoms with E-state index in [0.717, 1.165) is 43.7 Å². The van der Waals surface area contributed by atoms with E-state index in [1.807, 2.05) is 37.3 Å². The van der Waals surface area contributed by atoms with Crippen molar-refractivity contribution in [2.24, 2.45) is 0 Å². The number of piperazine rings is 1. The fraction of sp³-hybridized carbons (Fsp3) is 0.476. The minimum absolute atomic E-state index is 0.162. The summed E-state index contributed by atoms with van der Waals surface area (Å²) in [6.45, 7) is 5.79. The van der Waals surface area contributed by atoms with Gasteiger partial charge in [-0.15, -0.1) is 10.2 Å². The number of sulfone groups is 1. The fourth-order valence-electron chi connectivity index (χ4n) is 4.38. The maximum atomic E-state index is 11.8. The molecule has 0 N–H and O–H groups in total. The van der Waals surface area contributed by atoms with Crippen molar-refractivity contribution in [3.05, 3.63) is 42.0 Å². The van der Waals surface area contributed by atoms with Gasteiger partial charge in [0.25, 0.3) is 5.89 Å². The van der Waals surface area contributed by atoms with Gasteiger partial charge in [0.05, 0.1) is 18.1 Å². The Balaban J connectivity index is 1.24. The van der Waals surface area contributed by atoms with Crippen LogP contribution in [-0.4, -0.2) is 77.3 Å². The van der Waals surface area contributed by atoms with Crippen molar-refractivity contribution < 1.29 is 17.4 Å². The molecule has 4 heterocycles. The maximum absolute atomic E-state index is 11.8. The smallest absolute Gasteiger partial charge is 0.253 e. The van der Waals surface area contributed by atoms with E-state index >= 15 is 0 Å². The normalized spacial score (nSPS) is 22.2. The highest BCUT2D eigenvalue weighted by Crippen LogP contribution is 2.33. The zero-order chi connectivity index (χ0) is 21.4. The Morgan fingerprint density at radius 2 is 1.87 bits per heavy atom. The van der Waals surface area contributed by atoms with Crippen molar-refractivity contribution >= 4 is 9.84 Å². The summed E-state index contributed by atoms with van der Waals surface area (Å²) in [6.07, 6.45) is 0.747. The summed E-state index contributed by atoms with van der Waals surface area (Å²) in [5.74, 6) is 2.20. The van der Waals surface area contributed by atoms with Crippen molar-refractivity contribution in [1.82, 2.24) is 25.2 Å². The van der Waals surface area contributed by atoms with Gasteiger partial charge in [0.15, 0.2) is 9.84 Å². The summed E-state index contributed by atoms with van der Waals surface area (Å²) in [5, 5.41) is 12.7. The lowest BCUT2D eigenvalue weighted by Crippen LogP contribution is -2.50. The van der Waals surface area contributed by atoms with Gasteiger partial charge in [-0.3, -0.25) is 9.80 Å². The van der Waals surface area contributed by atoms with E-state index in [-0.39, 0.29) is 6.04 Å². The van der Waals surface area contributed by atoms with Crippen LogP contribution >= 0.6 is 0 Å². The molecule has 2 saturated heterocycles. The number of benzene rings is 1. The molecule has 31 heavy (non-hydrogen) atoms. The van der Waals surface area contributed by atoms with Crippen LogP contribution in [0.15, 0.2) is 39.3 Å². The van der Waals surface area contributed by atoms with Crippen LogP contribution in [0, 0.1) is 6.92 Å². The van der Waals surface area contributed by atoms with E-state index in [1.54, 1.807) is 0 Å². The SMILES string of the molecule is Cc1onc(-c2ccccc2)c1-c1nnc(CN2CCN([C@H]3CCS(=O)(=O)C3)CC2)o1. The molecular weight excluding hydrogens is 418 g/mol. The van der Waals surface area contributed by atoms with Crippen LogP contribution < -0.4 is 0 Å². The Hall–Kier alpha value is -2.56. The number of aryl methyl sites for hydroxylation is 1. The second-order valence-corrected chi connectivity index (χ2v) is 10.4. The molecule has 1 aromatic carbocycles. The molecule has 9 nitrogen and oxygen atoms in total. The molecule has 0 unspecified atom stereocenters. The Bertz CT molecular complexity index is 1150. The number of nitrogens with zero attached hydrogens (tertiary/aromatic N) is 5. The predicted molar refractivity (Wildman–Crippen MR) is 114 cm³/mol. The van der Waals surface area contributed by atoms with E-state index in [2.05, 4.69) is 25.2 Å². The van der Waals surface area contributed by atoms with Crippen LogP contribution in [0.25, 0.3) is 22.7 Å². The van der Waals surface area contributed by atoms with E-state index in [9.17, 15) is 8.42 Å². The molecule has 2 aromatic heterocycles. The molecule has 2 fully saturated rings. The second kappa shape index (κ2) is 8.18. The summed E-state index contributed by atoms with van der Waals surface area (Å²) >= 11 is 0. The van der Waals surface area contributed by atoms with Crippen molar-refractivity contribution in [3.8, 4) is 22.7 Å². The van der Waals surface area contributed by atoms with Crippen molar-refractivity contribution in [3.63, 3.8) is 0 Å². The minimum atomic E-state index is -2.85. The standard InChI is InChI=1S/C21H25N5O4S/c1-15-19(20(24-30-15)16-5-3-2-4-6-16)21-23-22-18(29-21)13-25-8-10-26(11-9-25)17-7-12-31(27,28)14-17/h2-6,17H,7-14H2,1H3/t17-/m0/s1. The highest BCUT2D eigenvalue weighted by Gasteiger charge is 2.34. The van der Waals surface area contributed by atoms with Crippen LogP contribution in [0.5, 0.6) is 0 Å². The molecule has 0 spiro atoms. The van der Waals surface area contributed by atoms with Crippen molar-refractivity contribution in [1.29, 1.82) is 0 Å². The fourth-order valence-corrected chi connectivity index (χ4v) is 6.14. The predicted octanol–water partition coefficient (Wildman–Crippen LogP) is 2.00. The molecule has 1 atom stereocenters. The van der Waals surface area contributed by atoms with Gasteiger partial charge in [0, 0.05) is 37.8 Å². The van der Waals surface area contributed by atoms with Gasteiger partial charge < -0.3 is 8.94 Å². The molecule has 3 aromatic rings. The van der Waals surface area contributed by atoms with Crippen LogP contribution in [0.1, 0.15) is 18.1 Å². The lowest BCUT2D eigenvalue weighted by Gasteiger charge is -2.37. The van der Waals surface area contributed by atoms with Crippen LogP contribution in [0.3, 0.4) is 0 Å². The van der Waals surface area contributed by atoms with Crippen LogP contribution in [0.4, 0.5) is 0 Å². The van der Waals surface area contributed by atoms with Gasteiger partial charge in [-0.25, -0.2) is 8.42 Å². The monoisotopic (exact) mass is 443 g/mol. The lowest BCUT2D eigenvalue weighted by molar-refractivity contribution is 0.0944. The van der Waals surface area contributed by atoms with Gasteiger partial charge in [0.2, 0.25) is 5.89 Å². The summed E-state index contributed by atoms with van der Waals surface area (Å²) in [7, 11) is -2.85. The van der Waals surface area contributed by atoms with Gasteiger partial charge in [-0.05, 0) is 13.3 Å². The Labute approximate surface area is 180 Å². The molecule has 0 saturated carbocycles. The maximum Gasteiger partial charge on any atom is 0.253 e. The van der Waals surface area contributed by atoms with Gasteiger partial charge in [0.1, 0.15) is 17.0 Å². The minimum Gasteiger partial charge on any atom is -0.419 e. The number of hydrogen-bond acceptors (Lipinski definition) is 9. The second-order valence-electron chi connectivity index (χ2n) is 8.20. The molecule has 0 bridgehead atoms. The van der Waals surface area contributed by atoms with E-state index in [4.69, 9.17) is 8.94 Å². The van der Waals surface area contributed by atoms with Gasteiger partial charge in [-0.1, -0.05) is 35.5 Å². The van der Waals surface area contributed by atoms with Crippen LogP contribution in [-0.2, 0) is 16.4 Å². The molecule has 0 radical (unpaired) electrons. The molecule has 10 heteroatoms. The van der Waals surface area contributed by atoms with Gasteiger partial charge in [-0.2, -0.15) is 0 Å². The van der Waals surface area contributed by atoms with Gasteiger partial charge >= 0.3 is 0 Å². The molecule has 5 rings (SSSR count). The molecule has 2 aliphatic rings. The third-order valence-corrected chi connectivity index (χ3v) is 7.83. The molecule has 0 amide bonds. The number of hydrogen-bond donors (Lipinski definition) is 0. The topological polar surface area (TPSA) is 106 Å². The Morgan fingerprint density at radius 1 is 1.10 bits per heavy atom. The third kappa shape index (κ3) is 4.28. The first-order valence-electron chi connectivity index (χ1n) is 10.5. The zero-order valence-corrected chi connectivity index (χ0v) is 18.2. The van der Waals surface area contributed by atoms with E-state index in [1.165, 1.54) is 0 Å². The van der Waals surface area contributed by atoms with Crippen molar-refractivity contribution in [2.45, 2.75) is 25.9 Å². The quantitative estimate of drug-likeness (QED) is 0.585. The summed E-state index contributed by atoms with van der Waals surface area (Å²) in [4.78, 5) is 4.56. The number of aromatic nitrogens is 3. The number of rotatable bonds is 5.